The van der Waals surface area contributed by atoms with Gasteiger partial charge in [-0.25, -0.2) is 0 Å². The molecule has 0 spiro atoms. The largest absolute Gasteiger partial charge is 0.396 e. The summed E-state index contributed by atoms with van der Waals surface area (Å²) in [5.74, 6) is 2.62. The van der Waals surface area contributed by atoms with E-state index in [-0.39, 0.29) is 29.3 Å². The van der Waals surface area contributed by atoms with Crippen molar-refractivity contribution in [3.05, 3.63) is 11.6 Å². The Labute approximate surface area is 151 Å². The Morgan fingerprint density at radius 1 is 1.20 bits per heavy atom. The van der Waals surface area contributed by atoms with Gasteiger partial charge in [-0.2, -0.15) is 0 Å². The van der Waals surface area contributed by atoms with E-state index in [4.69, 9.17) is 0 Å². The number of fused-ring (bicyclic) bond motifs is 5. The highest BCUT2D eigenvalue weighted by molar-refractivity contribution is 5.91. The van der Waals surface area contributed by atoms with Gasteiger partial charge in [-0.05, 0) is 85.0 Å². The predicted octanol–water partition coefficient (Wildman–Crippen LogP) is 3.73. The first kappa shape index (κ1) is 17.7. The van der Waals surface area contributed by atoms with Crippen molar-refractivity contribution in [1.82, 2.24) is 0 Å². The highest BCUT2D eigenvalue weighted by Crippen LogP contribution is 2.67. The van der Waals surface area contributed by atoms with Crippen LogP contribution in [0.25, 0.3) is 0 Å². The molecular weight excluding hydrogens is 312 g/mol. The molecule has 0 aromatic heterocycles. The maximum absolute atomic E-state index is 11.9. The van der Waals surface area contributed by atoms with Crippen LogP contribution in [-0.4, -0.2) is 28.7 Å². The molecule has 4 rings (SSSR count). The third-order valence-corrected chi connectivity index (χ3v) is 9.03. The van der Waals surface area contributed by atoms with Gasteiger partial charge in [-0.15, -0.1) is 0 Å². The van der Waals surface area contributed by atoms with Gasteiger partial charge < -0.3 is 10.2 Å². The molecule has 0 aliphatic heterocycles. The van der Waals surface area contributed by atoms with Crippen LogP contribution in [0.5, 0.6) is 0 Å². The molecule has 0 aromatic rings. The predicted molar refractivity (Wildman–Crippen MR) is 97.8 cm³/mol. The molecule has 3 saturated carbocycles. The smallest absolute Gasteiger partial charge is 0.155 e. The summed E-state index contributed by atoms with van der Waals surface area (Å²) in [6.45, 7) is 7.26. The summed E-state index contributed by atoms with van der Waals surface area (Å²) in [6, 6.07) is 0. The molecule has 4 aliphatic carbocycles. The Morgan fingerprint density at radius 3 is 2.68 bits per heavy atom. The number of hydrogen-bond donors (Lipinski definition) is 2. The van der Waals surface area contributed by atoms with Gasteiger partial charge in [-0.1, -0.05) is 26.3 Å². The second kappa shape index (κ2) is 5.92. The summed E-state index contributed by atoms with van der Waals surface area (Å²) in [6.07, 6.45) is 8.63. The van der Waals surface area contributed by atoms with E-state index in [2.05, 4.69) is 20.8 Å². The van der Waals surface area contributed by atoms with Gasteiger partial charge in [0, 0.05) is 13.0 Å². The third kappa shape index (κ3) is 2.41. The number of hydrogen-bond acceptors (Lipinski definition) is 3. The van der Waals surface area contributed by atoms with Gasteiger partial charge in [-0.3, -0.25) is 4.79 Å². The van der Waals surface area contributed by atoms with Crippen molar-refractivity contribution in [3.63, 3.8) is 0 Å². The molecule has 1 unspecified atom stereocenters. The van der Waals surface area contributed by atoms with Crippen molar-refractivity contribution in [2.75, 3.05) is 6.61 Å². The zero-order valence-electron chi connectivity index (χ0n) is 16.0. The monoisotopic (exact) mass is 346 g/mol. The molecule has 0 heterocycles. The van der Waals surface area contributed by atoms with E-state index < -0.39 is 0 Å². The van der Waals surface area contributed by atoms with E-state index in [1.54, 1.807) is 0 Å². The Morgan fingerprint density at radius 2 is 1.96 bits per heavy atom. The van der Waals surface area contributed by atoms with Crippen molar-refractivity contribution < 1.29 is 15.0 Å². The first-order valence-corrected chi connectivity index (χ1v) is 10.3. The van der Waals surface area contributed by atoms with Crippen LogP contribution >= 0.6 is 0 Å². The summed E-state index contributed by atoms with van der Waals surface area (Å²) in [4.78, 5) is 11.9. The molecule has 25 heavy (non-hydrogen) atoms. The summed E-state index contributed by atoms with van der Waals surface area (Å²) in [7, 11) is 0. The Balaban J connectivity index is 1.68. The number of rotatable bonds is 2. The van der Waals surface area contributed by atoms with Gasteiger partial charge in [0.15, 0.2) is 5.78 Å². The zero-order chi connectivity index (χ0) is 18.0. The lowest BCUT2D eigenvalue weighted by molar-refractivity contribution is -0.125. The third-order valence-electron chi connectivity index (χ3n) is 9.03. The van der Waals surface area contributed by atoms with Gasteiger partial charge in [0.05, 0.1) is 6.10 Å². The Bertz CT molecular complexity index is 596. The maximum Gasteiger partial charge on any atom is 0.155 e. The zero-order valence-corrected chi connectivity index (χ0v) is 16.0. The molecule has 3 heteroatoms. The highest BCUT2D eigenvalue weighted by atomic mass is 16.3. The summed E-state index contributed by atoms with van der Waals surface area (Å²) in [5.41, 5.74) is 1.59. The summed E-state index contributed by atoms with van der Waals surface area (Å²) in [5, 5.41) is 20.8. The van der Waals surface area contributed by atoms with Gasteiger partial charge in [0.1, 0.15) is 0 Å². The topological polar surface area (TPSA) is 57.5 Å². The Hall–Kier alpha value is -0.670. The first-order chi connectivity index (χ1) is 11.8. The minimum absolute atomic E-state index is 0.111. The van der Waals surface area contributed by atoms with Crippen LogP contribution in [0.15, 0.2) is 11.6 Å². The molecule has 4 aliphatic rings. The lowest BCUT2D eigenvalue weighted by Gasteiger charge is -2.59. The second-order valence-corrected chi connectivity index (χ2v) is 10.0. The fourth-order valence-electron chi connectivity index (χ4n) is 7.63. The molecular formula is C22H34O3. The van der Waals surface area contributed by atoms with E-state index >= 15 is 0 Å². The molecule has 0 saturated heterocycles. The molecule has 0 amide bonds. The van der Waals surface area contributed by atoms with Crippen molar-refractivity contribution in [3.8, 4) is 0 Å². The standard InChI is InChI=1S/C22H34O3/c1-13(12-23)16-4-5-17-20-18(7-9-22(16,17)3)21(2)8-6-15(24)10-14(21)11-19(20)25/h10,13,16-20,23,25H,4-9,11-12H2,1-3H3/t13?,16-,17+,18+,19+,20+,21+,22-/m1/s1. The molecule has 2 N–H and O–H groups in total. The fourth-order valence-corrected chi connectivity index (χ4v) is 7.63. The molecule has 0 radical (unpaired) electrons. The normalized spacial score (nSPS) is 50.5. The maximum atomic E-state index is 11.9. The lowest BCUT2D eigenvalue weighted by Crippen LogP contribution is -2.55. The van der Waals surface area contributed by atoms with E-state index in [0.717, 1.165) is 12.8 Å². The van der Waals surface area contributed by atoms with E-state index in [0.29, 0.717) is 42.4 Å². The summed E-state index contributed by atoms with van der Waals surface area (Å²) < 4.78 is 0. The van der Waals surface area contributed by atoms with Crippen LogP contribution in [0.4, 0.5) is 0 Å². The van der Waals surface area contributed by atoms with E-state index in [9.17, 15) is 15.0 Å². The van der Waals surface area contributed by atoms with Crippen LogP contribution in [-0.2, 0) is 4.79 Å². The minimum Gasteiger partial charge on any atom is -0.396 e. The molecule has 140 valence electrons. The van der Waals surface area contributed by atoms with Crippen molar-refractivity contribution in [2.45, 2.75) is 71.8 Å². The van der Waals surface area contributed by atoms with E-state index in [1.165, 1.54) is 24.8 Å². The fraction of sp³-hybridized carbons (Fsp3) is 0.864. The number of ketones is 1. The van der Waals surface area contributed by atoms with Crippen LogP contribution in [0.1, 0.15) is 65.7 Å². The molecule has 3 nitrogen and oxygen atoms in total. The van der Waals surface area contributed by atoms with Crippen LogP contribution in [0, 0.1) is 40.4 Å². The Kier molecular flexibility index (Phi) is 4.20. The molecule has 3 fully saturated rings. The van der Waals surface area contributed by atoms with Crippen molar-refractivity contribution >= 4 is 5.78 Å². The second-order valence-electron chi connectivity index (χ2n) is 10.0. The molecule has 0 aromatic carbocycles. The lowest BCUT2D eigenvalue weighted by atomic mass is 9.46. The number of aliphatic hydroxyl groups excluding tert-OH is 2. The number of carbonyl (C=O) groups is 1. The number of carbonyl (C=O) groups excluding carboxylic acids is 1. The van der Waals surface area contributed by atoms with Crippen molar-refractivity contribution in [2.24, 2.45) is 40.4 Å². The number of aliphatic hydroxyl groups is 2. The SMILES string of the molecule is CC(CO)[C@H]1CC[C@H]2[C@@H]3[C@@H](O)CC4=CC(=O)CC[C@]4(C)[C@H]3CC[C@]12C. The quantitative estimate of drug-likeness (QED) is 0.801. The average molecular weight is 347 g/mol. The molecule has 0 bridgehead atoms. The van der Waals surface area contributed by atoms with Crippen molar-refractivity contribution in [1.29, 1.82) is 0 Å². The van der Waals surface area contributed by atoms with Gasteiger partial charge in [0.25, 0.3) is 0 Å². The molecule has 8 atom stereocenters. The highest BCUT2D eigenvalue weighted by Gasteiger charge is 2.61. The van der Waals surface area contributed by atoms with Crippen LogP contribution in [0.2, 0.25) is 0 Å². The summed E-state index contributed by atoms with van der Waals surface area (Å²) >= 11 is 0. The van der Waals surface area contributed by atoms with Crippen LogP contribution < -0.4 is 0 Å². The van der Waals surface area contributed by atoms with Crippen LogP contribution in [0.3, 0.4) is 0 Å². The minimum atomic E-state index is -0.303. The van der Waals surface area contributed by atoms with Gasteiger partial charge in [0.2, 0.25) is 0 Å². The average Bonchev–Trinajstić information content (AvgIpc) is 2.93. The van der Waals surface area contributed by atoms with E-state index in [1.807, 2.05) is 6.08 Å². The first-order valence-electron chi connectivity index (χ1n) is 10.3. The van der Waals surface area contributed by atoms with Gasteiger partial charge >= 0.3 is 0 Å².